The van der Waals surface area contributed by atoms with Gasteiger partial charge in [0.1, 0.15) is 17.0 Å². The Labute approximate surface area is 197 Å². The summed E-state index contributed by atoms with van der Waals surface area (Å²) in [6.07, 6.45) is 4.77. The van der Waals surface area contributed by atoms with Crippen LogP contribution < -0.4 is 5.73 Å². The SMILES string of the molecule is Cc1noc(C)c1C(=O)n1cc(C2CCN(S(=O)(=O)c3ccc(N)cc3)CC2)c2cccnc21. The van der Waals surface area contributed by atoms with E-state index < -0.39 is 10.0 Å². The Morgan fingerprint density at radius 2 is 1.82 bits per heavy atom. The normalized spacial score (nSPS) is 15.7. The van der Waals surface area contributed by atoms with Gasteiger partial charge in [0.05, 0.1) is 10.6 Å². The van der Waals surface area contributed by atoms with Gasteiger partial charge in [-0.05, 0) is 74.6 Å². The second-order valence-corrected chi connectivity index (χ2v) is 10.5. The number of fused-ring (bicyclic) bond motifs is 1. The lowest BCUT2D eigenvalue weighted by Gasteiger charge is -2.31. The smallest absolute Gasteiger partial charge is 0.269 e. The maximum atomic E-state index is 13.4. The quantitative estimate of drug-likeness (QED) is 0.444. The fourth-order valence-corrected chi connectivity index (χ4v) is 6.14. The van der Waals surface area contributed by atoms with Crippen LogP contribution in [0.5, 0.6) is 0 Å². The van der Waals surface area contributed by atoms with Gasteiger partial charge in [-0.25, -0.2) is 13.4 Å². The monoisotopic (exact) mass is 479 g/mol. The van der Waals surface area contributed by atoms with Crippen molar-refractivity contribution in [1.82, 2.24) is 19.0 Å². The lowest BCUT2D eigenvalue weighted by molar-refractivity contribution is 0.0962. The standard InChI is InChI=1S/C24H25N5O4S/c1-15-22(16(2)33-27-15)24(30)29-14-21(20-4-3-11-26-23(20)29)17-9-12-28(13-10-17)34(31,32)19-7-5-18(25)6-8-19/h3-8,11,14,17H,9-10,12-13,25H2,1-2H3. The highest BCUT2D eigenvalue weighted by atomic mass is 32.2. The number of piperidine rings is 1. The molecule has 1 aliphatic heterocycles. The predicted molar refractivity (Wildman–Crippen MR) is 127 cm³/mol. The van der Waals surface area contributed by atoms with E-state index in [0.717, 1.165) is 10.9 Å². The summed E-state index contributed by atoms with van der Waals surface area (Å²) in [5.74, 6) is 0.320. The third kappa shape index (κ3) is 3.68. The summed E-state index contributed by atoms with van der Waals surface area (Å²) in [6.45, 7) is 4.23. The molecule has 2 N–H and O–H groups in total. The topological polar surface area (TPSA) is 124 Å². The van der Waals surface area contributed by atoms with Gasteiger partial charge in [-0.15, -0.1) is 0 Å². The first kappa shape index (κ1) is 22.3. The molecular weight excluding hydrogens is 454 g/mol. The van der Waals surface area contributed by atoms with E-state index >= 15 is 0 Å². The first-order valence-electron chi connectivity index (χ1n) is 11.1. The van der Waals surface area contributed by atoms with E-state index in [4.69, 9.17) is 10.3 Å². The summed E-state index contributed by atoms with van der Waals surface area (Å²) in [5.41, 5.74) is 8.74. The molecule has 0 radical (unpaired) electrons. The van der Waals surface area contributed by atoms with E-state index in [1.807, 2.05) is 18.3 Å². The van der Waals surface area contributed by atoms with Gasteiger partial charge >= 0.3 is 0 Å². The van der Waals surface area contributed by atoms with Crippen molar-refractivity contribution in [2.24, 2.45) is 0 Å². The van der Waals surface area contributed by atoms with Crippen LogP contribution >= 0.6 is 0 Å². The number of rotatable bonds is 4. The van der Waals surface area contributed by atoms with Crippen LogP contribution in [-0.4, -0.2) is 46.4 Å². The van der Waals surface area contributed by atoms with Crippen LogP contribution in [0.3, 0.4) is 0 Å². The number of carbonyl (C=O) groups is 1. The summed E-state index contributed by atoms with van der Waals surface area (Å²) in [6, 6.07) is 10.1. The molecular formula is C24H25N5O4S. The first-order valence-corrected chi connectivity index (χ1v) is 12.5. The molecule has 10 heteroatoms. The van der Waals surface area contributed by atoms with Crippen molar-refractivity contribution >= 4 is 32.7 Å². The van der Waals surface area contributed by atoms with Crippen molar-refractivity contribution in [2.45, 2.75) is 37.5 Å². The summed E-state index contributed by atoms with van der Waals surface area (Å²) < 4.78 is 34.4. The van der Waals surface area contributed by atoms with Gasteiger partial charge < -0.3 is 10.3 Å². The van der Waals surface area contributed by atoms with Crippen molar-refractivity contribution in [3.8, 4) is 0 Å². The lowest BCUT2D eigenvalue weighted by Crippen LogP contribution is -2.37. The summed E-state index contributed by atoms with van der Waals surface area (Å²) in [5, 5.41) is 4.79. The molecule has 1 saturated heterocycles. The van der Waals surface area contributed by atoms with Gasteiger partial charge in [0.15, 0.2) is 0 Å². The number of nitrogen functional groups attached to an aromatic ring is 1. The minimum atomic E-state index is -3.59. The highest BCUT2D eigenvalue weighted by Crippen LogP contribution is 2.36. The molecule has 0 saturated carbocycles. The number of benzene rings is 1. The molecule has 0 unspecified atom stereocenters. The molecule has 1 aliphatic rings. The van der Waals surface area contributed by atoms with E-state index in [2.05, 4.69) is 10.1 Å². The molecule has 176 valence electrons. The first-order chi connectivity index (χ1) is 16.3. The highest BCUT2D eigenvalue weighted by molar-refractivity contribution is 7.89. The van der Waals surface area contributed by atoms with Crippen molar-refractivity contribution in [2.75, 3.05) is 18.8 Å². The van der Waals surface area contributed by atoms with E-state index in [-0.39, 0.29) is 16.7 Å². The van der Waals surface area contributed by atoms with Crippen LogP contribution in [0, 0.1) is 13.8 Å². The van der Waals surface area contributed by atoms with E-state index in [1.54, 1.807) is 36.7 Å². The number of pyridine rings is 1. The number of hydrogen-bond donors (Lipinski definition) is 1. The molecule has 1 aromatic carbocycles. The number of aromatic nitrogens is 3. The Morgan fingerprint density at radius 1 is 1.12 bits per heavy atom. The van der Waals surface area contributed by atoms with Crippen LogP contribution in [0.2, 0.25) is 0 Å². The molecule has 0 aliphatic carbocycles. The predicted octanol–water partition coefficient (Wildman–Crippen LogP) is 3.48. The molecule has 34 heavy (non-hydrogen) atoms. The molecule has 0 spiro atoms. The number of hydrogen-bond acceptors (Lipinski definition) is 7. The second kappa shape index (κ2) is 8.37. The van der Waals surface area contributed by atoms with Gasteiger partial charge in [0.25, 0.3) is 5.91 Å². The Bertz CT molecular complexity index is 1460. The largest absolute Gasteiger partial charge is 0.399 e. The van der Waals surface area contributed by atoms with Crippen molar-refractivity contribution < 1.29 is 17.7 Å². The molecule has 4 aromatic rings. The fourth-order valence-electron chi connectivity index (χ4n) is 4.67. The lowest BCUT2D eigenvalue weighted by atomic mass is 9.90. The third-order valence-electron chi connectivity index (χ3n) is 6.47. The van der Waals surface area contributed by atoms with E-state index in [1.165, 1.54) is 16.4 Å². The zero-order chi connectivity index (χ0) is 24.0. The Balaban J connectivity index is 1.43. The van der Waals surface area contributed by atoms with Crippen LogP contribution in [0.1, 0.15) is 46.1 Å². The number of sulfonamides is 1. The zero-order valence-corrected chi connectivity index (χ0v) is 19.7. The van der Waals surface area contributed by atoms with Crippen LogP contribution in [0.25, 0.3) is 11.0 Å². The number of nitrogens with two attached hydrogens (primary N) is 1. The Morgan fingerprint density at radius 3 is 2.47 bits per heavy atom. The molecule has 3 aromatic heterocycles. The highest BCUT2D eigenvalue weighted by Gasteiger charge is 2.32. The van der Waals surface area contributed by atoms with Crippen LogP contribution in [0.15, 0.2) is 58.2 Å². The minimum absolute atomic E-state index is 0.100. The van der Waals surface area contributed by atoms with Gasteiger partial charge in [-0.1, -0.05) is 5.16 Å². The molecule has 0 atom stereocenters. The third-order valence-corrected chi connectivity index (χ3v) is 8.38. The molecule has 0 amide bonds. The Kier molecular flexibility index (Phi) is 5.49. The molecule has 9 nitrogen and oxygen atoms in total. The average molecular weight is 480 g/mol. The van der Waals surface area contributed by atoms with Gasteiger partial charge in [-0.3, -0.25) is 9.36 Å². The zero-order valence-electron chi connectivity index (χ0n) is 18.9. The maximum absolute atomic E-state index is 13.4. The van der Waals surface area contributed by atoms with Crippen molar-refractivity contribution in [3.63, 3.8) is 0 Å². The fraction of sp³-hybridized carbons (Fsp3) is 0.292. The van der Waals surface area contributed by atoms with E-state index in [0.29, 0.717) is 54.3 Å². The Hall–Kier alpha value is -3.50. The number of carbonyl (C=O) groups excluding carboxylic acids is 1. The van der Waals surface area contributed by atoms with Gasteiger partial charge in [0.2, 0.25) is 10.0 Å². The molecule has 5 rings (SSSR count). The number of aryl methyl sites for hydroxylation is 2. The molecule has 1 fully saturated rings. The molecule has 4 heterocycles. The number of nitrogens with zero attached hydrogens (tertiary/aromatic N) is 4. The van der Waals surface area contributed by atoms with Gasteiger partial charge in [0, 0.05) is 36.6 Å². The summed E-state index contributed by atoms with van der Waals surface area (Å²) in [7, 11) is -3.59. The average Bonchev–Trinajstić information content (AvgIpc) is 3.39. The van der Waals surface area contributed by atoms with Crippen molar-refractivity contribution in [3.05, 3.63) is 71.4 Å². The summed E-state index contributed by atoms with van der Waals surface area (Å²) in [4.78, 5) is 18.1. The summed E-state index contributed by atoms with van der Waals surface area (Å²) >= 11 is 0. The van der Waals surface area contributed by atoms with Gasteiger partial charge in [-0.2, -0.15) is 4.31 Å². The second-order valence-electron chi connectivity index (χ2n) is 8.58. The molecule has 0 bridgehead atoms. The van der Waals surface area contributed by atoms with E-state index in [9.17, 15) is 13.2 Å². The van der Waals surface area contributed by atoms with Crippen LogP contribution in [-0.2, 0) is 10.0 Å². The minimum Gasteiger partial charge on any atom is -0.399 e. The van der Waals surface area contributed by atoms with Crippen LogP contribution in [0.4, 0.5) is 5.69 Å². The number of anilines is 1. The maximum Gasteiger partial charge on any atom is 0.269 e. The van der Waals surface area contributed by atoms with Crippen molar-refractivity contribution in [1.29, 1.82) is 0 Å².